The number of carbonyl (C=O) groups excluding carboxylic acids is 1. The van der Waals surface area contributed by atoms with Gasteiger partial charge in [-0.05, 0) is 19.4 Å². The number of anilines is 1. The average molecular weight is 267 g/mol. The number of pyridine rings is 1. The lowest BCUT2D eigenvalue weighted by molar-refractivity contribution is -0.137. The second-order valence-corrected chi connectivity index (χ2v) is 3.70. The Morgan fingerprint density at radius 1 is 1.42 bits per heavy atom. The van der Waals surface area contributed by atoms with Gasteiger partial charge >= 0.3 is 12.0 Å². The number of aliphatic carboxylic acids is 1. The number of carboxylic acid groups (broad SMARTS) is 1. The van der Waals surface area contributed by atoms with Crippen LogP contribution in [0.5, 0.6) is 5.88 Å². The number of nitrogens with one attached hydrogen (secondary N) is 2. The van der Waals surface area contributed by atoms with Gasteiger partial charge in [0.15, 0.2) is 0 Å². The number of urea groups is 1. The molecule has 0 radical (unpaired) electrons. The van der Waals surface area contributed by atoms with Gasteiger partial charge in [0.05, 0.1) is 18.5 Å². The van der Waals surface area contributed by atoms with Crippen LogP contribution < -0.4 is 15.4 Å². The van der Waals surface area contributed by atoms with Crippen molar-refractivity contribution >= 4 is 17.7 Å². The molecule has 7 nitrogen and oxygen atoms in total. The zero-order valence-electron chi connectivity index (χ0n) is 10.7. The molecule has 7 heteroatoms. The van der Waals surface area contributed by atoms with E-state index in [0.717, 1.165) is 0 Å². The molecular weight excluding hydrogens is 250 g/mol. The molecular formula is C12H17N3O4. The number of nitrogens with zero attached hydrogens (tertiary/aromatic N) is 1. The summed E-state index contributed by atoms with van der Waals surface area (Å²) in [7, 11) is 0. The van der Waals surface area contributed by atoms with Crippen molar-refractivity contribution in [2.24, 2.45) is 0 Å². The third-order valence-electron chi connectivity index (χ3n) is 2.14. The lowest BCUT2D eigenvalue weighted by atomic mass is 10.3. The number of hydrogen-bond donors (Lipinski definition) is 3. The number of carbonyl (C=O) groups is 2. The maximum absolute atomic E-state index is 11.4. The van der Waals surface area contributed by atoms with Crippen LogP contribution in [-0.2, 0) is 4.79 Å². The molecule has 0 saturated heterocycles. The molecule has 0 unspecified atom stereocenters. The summed E-state index contributed by atoms with van der Waals surface area (Å²) in [5.41, 5.74) is 0.541. The van der Waals surface area contributed by atoms with Crippen LogP contribution in [0.25, 0.3) is 0 Å². The summed E-state index contributed by atoms with van der Waals surface area (Å²) in [5, 5.41) is 13.6. The smallest absolute Gasteiger partial charge is 0.319 e. The van der Waals surface area contributed by atoms with Gasteiger partial charge in [-0.1, -0.05) is 0 Å². The molecule has 0 spiro atoms. The summed E-state index contributed by atoms with van der Waals surface area (Å²) >= 11 is 0. The molecule has 0 fully saturated rings. The molecule has 0 aromatic carbocycles. The predicted octanol–water partition coefficient (Wildman–Crippen LogP) is 1.47. The zero-order chi connectivity index (χ0) is 14.1. The van der Waals surface area contributed by atoms with Crippen LogP contribution >= 0.6 is 0 Å². The third-order valence-corrected chi connectivity index (χ3v) is 2.14. The van der Waals surface area contributed by atoms with Crippen molar-refractivity contribution in [3.63, 3.8) is 0 Å². The fourth-order valence-electron chi connectivity index (χ4n) is 1.30. The predicted molar refractivity (Wildman–Crippen MR) is 69.3 cm³/mol. The molecule has 1 rings (SSSR count). The van der Waals surface area contributed by atoms with Gasteiger partial charge in [-0.2, -0.15) is 0 Å². The van der Waals surface area contributed by atoms with E-state index in [1.807, 2.05) is 6.92 Å². The van der Waals surface area contributed by atoms with Crippen molar-refractivity contribution in [2.75, 3.05) is 18.5 Å². The van der Waals surface area contributed by atoms with Gasteiger partial charge in [0.25, 0.3) is 0 Å². The number of ether oxygens (including phenoxy) is 1. The Kier molecular flexibility index (Phi) is 6.14. The van der Waals surface area contributed by atoms with Crippen molar-refractivity contribution < 1.29 is 19.4 Å². The molecule has 3 N–H and O–H groups in total. The van der Waals surface area contributed by atoms with E-state index in [1.54, 1.807) is 12.1 Å². The fourth-order valence-corrected chi connectivity index (χ4v) is 1.30. The van der Waals surface area contributed by atoms with Gasteiger partial charge in [0.2, 0.25) is 5.88 Å². The van der Waals surface area contributed by atoms with Crippen LogP contribution in [-0.4, -0.2) is 35.2 Å². The molecule has 104 valence electrons. The van der Waals surface area contributed by atoms with Gasteiger partial charge in [0, 0.05) is 19.0 Å². The molecule has 0 aliphatic carbocycles. The minimum absolute atomic E-state index is 0.0326. The van der Waals surface area contributed by atoms with Crippen molar-refractivity contribution in [2.45, 2.75) is 19.8 Å². The lowest BCUT2D eigenvalue weighted by Crippen LogP contribution is -2.29. The first kappa shape index (κ1) is 14.7. The molecule has 0 aliphatic rings. The van der Waals surface area contributed by atoms with Crippen molar-refractivity contribution in [3.05, 3.63) is 18.3 Å². The first-order valence-electron chi connectivity index (χ1n) is 5.97. The van der Waals surface area contributed by atoms with E-state index in [2.05, 4.69) is 15.6 Å². The molecule has 0 bridgehead atoms. The minimum Gasteiger partial charge on any atom is -0.481 e. The van der Waals surface area contributed by atoms with Gasteiger partial charge in [-0.15, -0.1) is 0 Å². The SMILES string of the molecule is CCOc1ccc(NC(=O)NCCCC(=O)O)cn1. The Morgan fingerprint density at radius 3 is 2.79 bits per heavy atom. The number of rotatable bonds is 7. The average Bonchev–Trinajstić information content (AvgIpc) is 2.37. The topological polar surface area (TPSA) is 101 Å². The Morgan fingerprint density at radius 2 is 2.21 bits per heavy atom. The largest absolute Gasteiger partial charge is 0.481 e. The Balaban J connectivity index is 2.29. The fraction of sp³-hybridized carbons (Fsp3) is 0.417. The zero-order valence-corrected chi connectivity index (χ0v) is 10.7. The van der Waals surface area contributed by atoms with Gasteiger partial charge in [0.1, 0.15) is 0 Å². The third kappa shape index (κ3) is 6.25. The highest BCUT2D eigenvalue weighted by atomic mass is 16.5. The molecule has 1 heterocycles. The quantitative estimate of drug-likeness (QED) is 0.649. The van der Waals surface area contributed by atoms with E-state index in [0.29, 0.717) is 31.1 Å². The van der Waals surface area contributed by atoms with Crippen LogP contribution in [0.15, 0.2) is 18.3 Å². The summed E-state index contributed by atoms with van der Waals surface area (Å²) in [6, 6.07) is 2.94. The number of amides is 2. The molecule has 0 saturated carbocycles. The van der Waals surface area contributed by atoms with Crippen molar-refractivity contribution in [3.8, 4) is 5.88 Å². The Bertz CT molecular complexity index is 419. The van der Waals surface area contributed by atoms with E-state index in [-0.39, 0.29) is 6.42 Å². The maximum Gasteiger partial charge on any atom is 0.319 e. The van der Waals surface area contributed by atoms with Crippen LogP contribution in [0.3, 0.4) is 0 Å². The number of carboxylic acids is 1. The first-order valence-corrected chi connectivity index (χ1v) is 5.97. The highest BCUT2D eigenvalue weighted by Gasteiger charge is 2.03. The Labute approximate surface area is 111 Å². The molecule has 2 amide bonds. The summed E-state index contributed by atoms with van der Waals surface area (Å²) in [6.07, 6.45) is 1.91. The van der Waals surface area contributed by atoms with Crippen LogP contribution in [0.1, 0.15) is 19.8 Å². The first-order chi connectivity index (χ1) is 9.11. The van der Waals surface area contributed by atoms with Crippen LogP contribution in [0.4, 0.5) is 10.5 Å². The highest BCUT2D eigenvalue weighted by molar-refractivity contribution is 5.89. The normalized spacial score (nSPS) is 9.74. The van der Waals surface area contributed by atoms with Gasteiger partial charge < -0.3 is 20.5 Å². The number of aromatic nitrogens is 1. The van der Waals surface area contributed by atoms with Gasteiger partial charge in [-0.25, -0.2) is 9.78 Å². The van der Waals surface area contributed by atoms with E-state index in [4.69, 9.17) is 9.84 Å². The second-order valence-electron chi connectivity index (χ2n) is 3.70. The molecule has 19 heavy (non-hydrogen) atoms. The van der Waals surface area contributed by atoms with Crippen molar-refractivity contribution in [1.82, 2.24) is 10.3 Å². The summed E-state index contributed by atoms with van der Waals surface area (Å²) in [5.74, 6) is -0.382. The summed E-state index contributed by atoms with van der Waals surface area (Å²) < 4.78 is 5.17. The Hall–Kier alpha value is -2.31. The second kappa shape index (κ2) is 7.91. The van der Waals surface area contributed by atoms with E-state index in [1.165, 1.54) is 6.20 Å². The van der Waals surface area contributed by atoms with Gasteiger partial charge in [-0.3, -0.25) is 4.79 Å². The molecule has 1 aromatic rings. The molecule has 1 aromatic heterocycles. The minimum atomic E-state index is -0.877. The molecule has 0 atom stereocenters. The van der Waals surface area contributed by atoms with Crippen LogP contribution in [0, 0.1) is 0 Å². The van der Waals surface area contributed by atoms with Crippen LogP contribution in [0.2, 0.25) is 0 Å². The standard InChI is InChI=1S/C12H17N3O4/c1-2-19-10-6-5-9(8-14-10)15-12(18)13-7-3-4-11(16)17/h5-6,8H,2-4,7H2,1H3,(H,16,17)(H2,13,15,18). The maximum atomic E-state index is 11.4. The molecule has 0 aliphatic heterocycles. The van der Waals surface area contributed by atoms with E-state index < -0.39 is 12.0 Å². The highest BCUT2D eigenvalue weighted by Crippen LogP contribution is 2.11. The number of hydrogen-bond acceptors (Lipinski definition) is 4. The van der Waals surface area contributed by atoms with E-state index in [9.17, 15) is 9.59 Å². The van der Waals surface area contributed by atoms with E-state index >= 15 is 0 Å². The summed E-state index contributed by atoms with van der Waals surface area (Å²) in [6.45, 7) is 2.70. The monoisotopic (exact) mass is 267 g/mol. The summed E-state index contributed by atoms with van der Waals surface area (Å²) in [4.78, 5) is 25.7. The van der Waals surface area contributed by atoms with Crippen molar-refractivity contribution in [1.29, 1.82) is 0 Å². The lowest BCUT2D eigenvalue weighted by Gasteiger charge is -2.07.